The van der Waals surface area contributed by atoms with Crippen molar-refractivity contribution < 1.29 is 37.9 Å². The van der Waals surface area contributed by atoms with Crippen LogP contribution in [0, 0.1) is 0 Å². The van der Waals surface area contributed by atoms with Gasteiger partial charge >= 0.3 is 0 Å². The highest BCUT2D eigenvalue weighted by Gasteiger charge is 2.08. The van der Waals surface area contributed by atoms with E-state index in [4.69, 9.17) is 37.9 Å². The Morgan fingerprint density at radius 2 is 0.389 bits per heavy atom. The minimum Gasteiger partial charge on any atom is -0.494 e. The molecule has 0 aliphatic rings. The van der Waals surface area contributed by atoms with Gasteiger partial charge in [0.2, 0.25) is 0 Å². The number of azo groups is 2. The minimum absolute atomic E-state index is 0.667. The first kappa shape index (κ1) is 68.2. The molecule has 0 N–H and O–H groups in total. The molecule has 8 rings (SSSR count). The van der Waals surface area contributed by atoms with Crippen LogP contribution < -0.4 is 37.9 Å². The van der Waals surface area contributed by atoms with Crippen LogP contribution in [0.2, 0.25) is 0 Å². The Labute approximate surface area is 551 Å². The van der Waals surface area contributed by atoms with Crippen LogP contribution in [0.4, 0.5) is 22.7 Å². The zero-order chi connectivity index (χ0) is 62.1. The molecule has 0 aromatic heterocycles. The monoisotopic (exact) mass is 1340 g/mol. The van der Waals surface area contributed by atoms with Crippen LogP contribution in [-0.2, 0) is 0 Å². The lowest BCUT2D eigenvalue weighted by Gasteiger charge is -2.13. The van der Waals surface area contributed by atoms with Gasteiger partial charge < -0.3 is 37.9 Å². The Bertz CT molecular complexity index is 3040. The number of nitrogens with zero attached hydrogens (tertiary/aromatic N) is 4. The molecule has 0 amide bonds. The molecule has 90 heavy (non-hydrogen) atoms. The standard InChI is InChI=1S/C76H88Br2N4O8/c77-63-33-37-65(38-34-63)79-81-67-41-49-71(50-42-67)85-53-17-5-1-3-7-21-57-87-73-25-13-15-27-75(73)89-59-23-11-9-19-55-83-69-45-29-61(30-46-69)62-31-47-70(48-32-62)84-56-20-10-12-24-60-90-76-28-16-14-26-74(76)88-58-22-8-4-2-6-18-54-86-72-51-43-68(44-52-72)82-80-66-39-35-64(78)36-40-66/h13-16,25-52H,1-12,17-24,53-60H2. The summed E-state index contributed by atoms with van der Waals surface area (Å²) in [5.74, 6) is 6.78. The van der Waals surface area contributed by atoms with Gasteiger partial charge in [-0.05, 0) is 234 Å². The van der Waals surface area contributed by atoms with Crippen LogP contribution in [0.5, 0.6) is 46.0 Å². The maximum Gasteiger partial charge on any atom is 0.161 e. The highest BCUT2D eigenvalue weighted by Crippen LogP contribution is 2.31. The molecular formula is C76H88Br2N4O8. The number of ether oxygens (including phenoxy) is 8. The molecule has 8 aromatic rings. The first-order valence-electron chi connectivity index (χ1n) is 32.4. The number of para-hydroxylation sites is 4. The summed E-state index contributed by atoms with van der Waals surface area (Å²) in [6.07, 6.45) is 21.8. The molecule has 0 spiro atoms. The zero-order valence-electron chi connectivity index (χ0n) is 52.1. The summed E-state index contributed by atoms with van der Waals surface area (Å²) in [6.45, 7) is 5.52. The normalized spacial score (nSPS) is 11.3. The number of halogens is 2. The largest absolute Gasteiger partial charge is 0.494 e. The summed E-state index contributed by atoms with van der Waals surface area (Å²) in [4.78, 5) is 0. The molecular weight excluding hydrogens is 1260 g/mol. The first-order valence-corrected chi connectivity index (χ1v) is 34.0. The van der Waals surface area contributed by atoms with E-state index in [9.17, 15) is 0 Å². The molecule has 12 nitrogen and oxygen atoms in total. The van der Waals surface area contributed by atoms with Gasteiger partial charge in [0.25, 0.3) is 0 Å². The molecule has 474 valence electrons. The first-order chi connectivity index (χ1) is 44.5. The second-order valence-electron chi connectivity index (χ2n) is 22.1. The van der Waals surface area contributed by atoms with Crippen molar-refractivity contribution in [2.75, 3.05) is 52.9 Å². The van der Waals surface area contributed by atoms with E-state index in [1.807, 2.05) is 146 Å². The molecule has 0 atom stereocenters. The minimum atomic E-state index is 0.667. The van der Waals surface area contributed by atoms with Crippen molar-refractivity contribution in [3.05, 3.63) is 203 Å². The molecule has 14 heteroatoms. The Hall–Kier alpha value is -7.68. The van der Waals surface area contributed by atoms with Crippen molar-refractivity contribution in [2.24, 2.45) is 20.5 Å². The molecule has 0 unspecified atom stereocenters. The smallest absolute Gasteiger partial charge is 0.161 e. The van der Waals surface area contributed by atoms with Crippen molar-refractivity contribution in [1.82, 2.24) is 0 Å². The molecule has 8 aromatic carbocycles. The van der Waals surface area contributed by atoms with Gasteiger partial charge in [0, 0.05) is 8.95 Å². The molecule has 0 aliphatic carbocycles. The van der Waals surface area contributed by atoms with Crippen LogP contribution in [-0.4, -0.2) is 52.9 Å². The number of rotatable bonds is 45. The average Bonchev–Trinajstić information content (AvgIpc) is 3.76. The summed E-state index contributed by atoms with van der Waals surface area (Å²) >= 11 is 6.88. The van der Waals surface area contributed by atoms with Crippen molar-refractivity contribution >= 4 is 54.6 Å². The van der Waals surface area contributed by atoms with E-state index in [0.29, 0.717) is 52.9 Å². The Balaban J connectivity index is 0.568. The van der Waals surface area contributed by atoms with Gasteiger partial charge in [-0.2, -0.15) is 20.5 Å². The zero-order valence-corrected chi connectivity index (χ0v) is 55.3. The van der Waals surface area contributed by atoms with Crippen molar-refractivity contribution in [3.63, 3.8) is 0 Å². The lowest BCUT2D eigenvalue weighted by Crippen LogP contribution is -2.03. The lowest BCUT2D eigenvalue weighted by atomic mass is 10.1. The number of hydrogen-bond donors (Lipinski definition) is 0. The second-order valence-corrected chi connectivity index (χ2v) is 24.0. The van der Waals surface area contributed by atoms with E-state index in [1.54, 1.807) is 0 Å². The summed E-state index contributed by atoms with van der Waals surface area (Å²) in [6, 6.07) is 63.8. The van der Waals surface area contributed by atoms with Crippen LogP contribution in [0.3, 0.4) is 0 Å². The Morgan fingerprint density at radius 1 is 0.200 bits per heavy atom. The van der Waals surface area contributed by atoms with Gasteiger partial charge in [-0.15, -0.1) is 0 Å². The number of benzene rings is 8. The second kappa shape index (κ2) is 41.6. The van der Waals surface area contributed by atoms with E-state index in [1.165, 1.54) is 25.7 Å². The van der Waals surface area contributed by atoms with Crippen LogP contribution in [0.15, 0.2) is 224 Å². The summed E-state index contributed by atoms with van der Waals surface area (Å²) < 4.78 is 50.7. The fourth-order valence-corrected chi connectivity index (χ4v) is 10.3. The predicted octanol–water partition coefficient (Wildman–Crippen LogP) is 23.3. The lowest BCUT2D eigenvalue weighted by molar-refractivity contribution is 0.256. The number of hydrogen-bond acceptors (Lipinski definition) is 12. The van der Waals surface area contributed by atoms with Crippen LogP contribution >= 0.6 is 31.9 Å². The van der Waals surface area contributed by atoms with E-state index in [2.05, 4.69) is 101 Å². The Kier molecular flexibility index (Phi) is 31.5. The molecule has 0 radical (unpaired) electrons. The van der Waals surface area contributed by atoms with Crippen molar-refractivity contribution in [3.8, 4) is 57.1 Å². The highest BCUT2D eigenvalue weighted by molar-refractivity contribution is 9.10. The topological polar surface area (TPSA) is 123 Å². The molecule has 0 bridgehead atoms. The van der Waals surface area contributed by atoms with Crippen molar-refractivity contribution in [1.29, 1.82) is 0 Å². The van der Waals surface area contributed by atoms with Crippen LogP contribution in [0.1, 0.15) is 128 Å². The number of unbranched alkanes of at least 4 members (excludes halogenated alkanes) is 16. The molecule has 0 aliphatic heterocycles. The maximum atomic E-state index is 6.16. The third kappa shape index (κ3) is 27.2. The van der Waals surface area contributed by atoms with Gasteiger partial charge in [-0.1, -0.05) is 132 Å². The quantitative estimate of drug-likeness (QED) is 0.0273. The van der Waals surface area contributed by atoms with Crippen molar-refractivity contribution in [2.45, 2.75) is 128 Å². The third-order valence-corrected chi connectivity index (χ3v) is 15.9. The van der Waals surface area contributed by atoms with E-state index < -0.39 is 0 Å². The molecule has 0 fully saturated rings. The van der Waals surface area contributed by atoms with E-state index >= 15 is 0 Å². The summed E-state index contributed by atoms with van der Waals surface area (Å²) in [7, 11) is 0. The van der Waals surface area contributed by atoms with E-state index in [0.717, 1.165) is 192 Å². The van der Waals surface area contributed by atoms with Crippen LogP contribution in [0.25, 0.3) is 11.1 Å². The third-order valence-electron chi connectivity index (χ3n) is 14.9. The van der Waals surface area contributed by atoms with E-state index in [-0.39, 0.29) is 0 Å². The summed E-state index contributed by atoms with van der Waals surface area (Å²) in [5, 5.41) is 17.2. The van der Waals surface area contributed by atoms with Gasteiger partial charge in [0.05, 0.1) is 75.6 Å². The predicted molar refractivity (Wildman–Crippen MR) is 371 cm³/mol. The molecule has 0 saturated carbocycles. The van der Waals surface area contributed by atoms with Gasteiger partial charge in [0.15, 0.2) is 23.0 Å². The Morgan fingerprint density at radius 3 is 0.622 bits per heavy atom. The fourth-order valence-electron chi connectivity index (χ4n) is 9.76. The average molecular weight is 1350 g/mol. The SMILES string of the molecule is Brc1ccc(N=Nc2ccc(OCCCCCCCCOc3ccccc3OCCCCCCOc3ccc(-c4ccc(OCCCCCCOc5ccccc5OCCCCCCCCOc5ccc(N=Nc6ccc(Br)cc6)cc5)cc4)cc3)cc2)cc1. The molecule has 0 heterocycles. The highest BCUT2D eigenvalue weighted by atomic mass is 79.9. The molecule has 0 saturated heterocycles. The van der Waals surface area contributed by atoms with Gasteiger partial charge in [-0.3, -0.25) is 0 Å². The van der Waals surface area contributed by atoms with Gasteiger partial charge in [0.1, 0.15) is 23.0 Å². The van der Waals surface area contributed by atoms with Gasteiger partial charge in [-0.25, -0.2) is 0 Å². The maximum absolute atomic E-state index is 6.16. The summed E-state index contributed by atoms with van der Waals surface area (Å²) in [5.41, 5.74) is 5.52. The fraction of sp³-hybridized carbons (Fsp3) is 0.368.